The van der Waals surface area contributed by atoms with Crippen molar-refractivity contribution in [1.82, 2.24) is 5.32 Å². The Labute approximate surface area is 118 Å². The first-order valence-corrected chi connectivity index (χ1v) is 6.29. The summed E-state index contributed by atoms with van der Waals surface area (Å²) in [6.45, 7) is 0. The Morgan fingerprint density at radius 2 is 1.62 bits per heavy atom. The van der Waals surface area contributed by atoms with Crippen molar-refractivity contribution in [2.24, 2.45) is 0 Å². The number of urea groups is 1. The Hall–Kier alpha value is -2.50. The third kappa shape index (κ3) is 2.56. The Morgan fingerprint density at radius 3 is 2.29 bits per heavy atom. The molecule has 2 N–H and O–H groups in total. The molecular weight excluding hydrogens is 281 g/mol. The number of anilines is 1. The zero-order chi connectivity index (χ0) is 15.0. The third-order valence-electron chi connectivity index (χ3n) is 3.37. The predicted molar refractivity (Wildman–Crippen MR) is 71.9 cm³/mol. The molecule has 108 valence electrons. The molecule has 2 aromatic carbocycles. The lowest BCUT2D eigenvalue weighted by Gasteiger charge is -2.27. The van der Waals surface area contributed by atoms with Crippen molar-refractivity contribution >= 4 is 11.7 Å². The number of rotatable bonds is 1. The van der Waals surface area contributed by atoms with E-state index < -0.39 is 17.8 Å². The summed E-state index contributed by atoms with van der Waals surface area (Å²) in [5.74, 6) is 0. The van der Waals surface area contributed by atoms with Crippen molar-refractivity contribution < 1.29 is 18.0 Å². The number of benzene rings is 2. The summed E-state index contributed by atoms with van der Waals surface area (Å²) >= 11 is 0. The number of amides is 2. The number of carbonyl (C=O) groups is 1. The number of nitrogens with one attached hydrogen (secondary N) is 2. The largest absolute Gasteiger partial charge is 0.416 e. The molecule has 2 aromatic rings. The van der Waals surface area contributed by atoms with E-state index in [1.165, 1.54) is 12.1 Å². The summed E-state index contributed by atoms with van der Waals surface area (Å²) in [7, 11) is 0. The fourth-order valence-corrected chi connectivity index (χ4v) is 2.36. The van der Waals surface area contributed by atoms with Crippen LogP contribution in [0.3, 0.4) is 0 Å². The van der Waals surface area contributed by atoms with Crippen LogP contribution in [0.1, 0.15) is 22.7 Å². The summed E-state index contributed by atoms with van der Waals surface area (Å²) in [6, 6.07) is 11.2. The van der Waals surface area contributed by atoms with Crippen LogP contribution in [0.15, 0.2) is 48.5 Å². The molecule has 0 saturated carbocycles. The molecule has 1 aliphatic heterocycles. The van der Waals surface area contributed by atoms with Gasteiger partial charge in [0.05, 0.1) is 11.6 Å². The van der Waals surface area contributed by atoms with E-state index >= 15 is 0 Å². The van der Waals surface area contributed by atoms with E-state index in [9.17, 15) is 18.0 Å². The number of hydrogen-bond acceptors (Lipinski definition) is 1. The van der Waals surface area contributed by atoms with Gasteiger partial charge in [-0.25, -0.2) is 4.79 Å². The summed E-state index contributed by atoms with van der Waals surface area (Å²) in [5.41, 5.74) is 1.37. The zero-order valence-corrected chi connectivity index (χ0v) is 10.7. The Balaban J connectivity index is 1.99. The van der Waals surface area contributed by atoms with E-state index in [1.807, 2.05) is 12.1 Å². The number of carbonyl (C=O) groups excluding carboxylic acids is 1. The monoisotopic (exact) mass is 292 g/mol. The minimum atomic E-state index is -4.37. The van der Waals surface area contributed by atoms with Gasteiger partial charge in [-0.05, 0) is 23.8 Å². The summed E-state index contributed by atoms with van der Waals surface area (Å²) < 4.78 is 37.7. The molecule has 0 aromatic heterocycles. The molecule has 3 rings (SSSR count). The van der Waals surface area contributed by atoms with Crippen LogP contribution in [0.4, 0.5) is 23.7 Å². The maximum Gasteiger partial charge on any atom is 0.416 e. The topological polar surface area (TPSA) is 41.1 Å². The number of hydrogen-bond donors (Lipinski definition) is 2. The second-order valence-electron chi connectivity index (χ2n) is 4.74. The molecule has 6 heteroatoms. The first kappa shape index (κ1) is 13.5. The van der Waals surface area contributed by atoms with Crippen molar-refractivity contribution in [2.75, 3.05) is 5.32 Å². The molecule has 0 fully saturated rings. The van der Waals surface area contributed by atoms with Crippen molar-refractivity contribution in [2.45, 2.75) is 12.2 Å². The van der Waals surface area contributed by atoms with Crippen molar-refractivity contribution in [3.05, 3.63) is 65.2 Å². The van der Waals surface area contributed by atoms with Gasteiger partial charge in [0.15, 0.2) is 0 Å². The van der Waals surface area contributed by atoms with Gasteiger partial charge in [-0.1, -0.05) is 30.3 Å². The van der Waals surface area contributed by atoms with Crippen LogP contribution in [0, 0.1) is 0 Å². The Bertz CT molecular complexity index is 680. The van der Waals surface area contributed by atoms with Crippen LogP contribution in [0.5, 0.6) is 0 Å². The molecule has 21 heavy (non-hydrogen) atoms. The fourth-order valence-electron chi connectivity index (χ4n) is 2.36. The predicted octanol–water partition coefficient (Wildman–Crippen LogP) is 3.93. The fraction of sp³-hybridized carbons (Fsp3) is 0.133. The average molecular weight is 292 g/mol. The average Bonchev–Trinajstić information content (AvgIpc) is 2.45. The third-order valence-corrected chi connectivity index (χ3v) is 3.37. The first-order valence-electron chi connectivity index (χ1n) is 6.29. The van der Waals surface area contributed by atoms with Gasteiger partial charge >= 0.3 is 12.2 Å². The molecule has 1 atom stereocenters. The second kappa shape index (κ2) is 4.80. The van der Waals surface area contributed by atoms with Crippen LogP contribution in [-0.2, 0) is 6.18 Å². The number of halogens is 3. The lowest BCUT2D eigenvalue weighted by atomic mass is 9.95. The van der Waals surface area contributed by atoms with Crippen LogP contribution < -0.4 is 10.6 Å². The maximum atomic E-state index is 12.6. The van der Waals surface area contributed by atoms with Gasteiger partial charge in [0.25, 0.3) is 0 Å². The van der Waals surface area contributed by atoms with Gasteiger partial charge < -0.3 is 10.6 Å². The quantitative estimate of drug-likeness (QED) is 0.821. The molecule has 0 spiro atoms. The highest BCUT2D eigenvalue weighted by atomic mass is 19.4. The lowest BCUT2D eigenvalue weighted by Crippen LogP contribution is -2.38. The van der Waals surface area contributed by atoms with Crippen LogP contribution in [-0.4, -0.2) is 6.03 Å². The van der Waals surface area contributed by atoms with Crippen LogP contribution in [0.2, 0.25) is 0 Å². The summed E-state index contributed by atoms with van der Waals surface area (Å²) in [4.78, 5) is 11.6. The molecule has 0 aliphatic carbocycles. The smallest absolute Gasteiger partial charge is 0.327 e. The highest BCUT2D eigenvalue weighted by Crippen LogP contribution is 2.34. The number of para-hydroxylation sites is 1. The van der Waals surface area contributed by atoms with Gasteiger partial charge in [-0.3, -0.25) is 0 Å². The summed E-state index contributed by atoms with van der Waals surface area (Å²) in [6.07, 6.45) is -4.37. The normalized spacial score (nSPS) is 17.7. The SMILES string of the molecule is O=C1Nc2ccccc2C(c2ccc(C(F)(F)F)cc2)N1. The Morgan fingerprint density at radius 1 is 0.952 bits per heavy atom. The van der Waals surface area contributed by atoms with E-state index in [4.69, 9.17) is 0 Å². The Kier molecular flexibility index (Phi) is 3.08. The van der Waals surface area contributed by atoms with Crippen LogP contribution >= 0.6 is 0 Å². The van der Waals surface area contributed by atoms with Gasteiger partial charge in [-0.2, -0.15) is 13.2 Å². The summed E-state index contributed by atoms with van der Waals surface area (Å²) in [5, 5.41) is 5.38. The molecule has 1 aliphatic rings. The van der Waals surface area contributed by atoms with Gasteiger partial charge in [0.1, 0.15) is 0 Å². The van der Waals surface area contributed by atoms with Crippen molar-refractivity contribution in [3.8, 4) is 0 Å². The van der Waals surface area contributed by atoms with Crippen molar-refractivity contribution in [1.29, 1.82) is 0 Å². The second-order valence-corrected chi connectivity index (χ2v) is 4.74. The van der Waals surface area contributed by atoms with E-state index in [0.717, 1.165) is 17.7 Å². The highest BCUT2D eigenvalue weighted by molar-refractivity contribution is 5.93. The molecule has 0 saturated heterocycles. The van der Waals surface area contributed by atoms with Crippen molar-refractivity contribution in [3.63, 3.8) is 0 Å². The van der Waals surface area contributed by atoms with Gasteiger partial charge in [0.2, 0.25) is 0 Å². The molecule has 0 bridgehead atoms. The molecule has 1 unspecified atom stereocenters. The van der Waals surface area contributed by atoms with Crippen LogP contribution in [0.25, 0.3) is 0 Å². The van der Waals surface area contributed by atoms with Gasteiger partial charge in [0, 0.05) is 11.3 Å². The standard InChI is InChI=1S/C15H11F3N2O/c16-15(17,18)10-7-5-9(6-8-10)13-11-3-1-2-4-12(11)19-14(21)20-13/h1-8,13H,(H2,19,20,21). The van der Waals surface area contributed by atoms with E-state index in [0.29, 0.717) is 11.3 Å². The van der Waals surface area contributed by atoms with Gasteiger partial charge in [-0.15, -0.1) is 0 Å². The van der Waals surface area contributed by atoms with E-state index in [1.54, 1.807) is 12.1 Å². The molecular formula is C15H11F3N2O. The molecule has 0 radical (unpaired) electrons. The molecule has 3 nitrogen and oxygen atoms in total. The first-order chi connectivity index (χ1) is 9.95. The minimum absolute atomic E-state index is 0.376. The van der Waals surface area contributed by atoms with E-state index in [-0.39, 0.29) is 6.03 Å². The minimum Gasteiger partial charge on any atom is -0.327 e. The highest BCUT2D eigenvalue weighted by Gasteiger charge is 2.31. The van der Waals surface area contributed by atoms with E-state index in [2.05, 4.69) is 10.6 Å². The molecule has 1 heterocycles. The lowest BCUT2D eigenvalue weighted by molar-refractivity contribution is -0.137. The zero-order valence-electron chi connectivity index (χ0n) is 10.7. The number of fused-ring (bicyclic) bond motifs is 1. The number of alkyl halides is 3. The molecule has 2 amide bonds. The maximum absolute atomic E-state index is 12.6.